The lowest BCUT2D eigenvalue weighted by molar-refractivity contribution is -0.139. The molecular formula is C17H20F2N4O3. The standard InChI is InChI=1S/C17H20F2N4O3/c1-3-4-5-14(17(25)26)20-16(24)15-10(2)23(22-21-15)9-11-6-7-12(18)8-13(11)19/h6-8,14H,3-5,9H2,1-2H3,(H,20,24)(H,25,26). The van der Waals surface area contributed by atoms with Crippen LogP contribution in [0.15, 0.2) is 18.2 Å². The average molecular weight is 366 g/mol. The van der Waals surface area contributed by atoms with Gasteiger partial charge < -0.3 is 10.4 Å². The third-order valence-corrected chi connectivity index (χ3v) is 3.98. The first-order chi connectivity index (χ1) is 12.3. The molecule has 0 bridgehead atoms. The highest BCUT2D eigenvalue weighted by atomic mass is 19.1. The van der Waals surface area contributed by atoms with Crippen LogP contribution in [-0.2, 0) is 11.3 Å². The van der Waals surface area contributed by atoms with Gasteiger partial charge >= 0.3 is 5.97 Å². The highest BCUT2D eigenvalue weighted by Gasteiger charge is 2.24. The topological polar surface area (TPSA) is 97.1 Å². The number of unbranched alkanes of at least 4 members (excludes halogenated alkanes) is 1. The summed E-state index contributed by atoms with van der Waals surface area (Å²) in [6.45, 7) is 3.46. The molecule has 1 amide bonds. The Morgan fingerprint density at radius 3 is 2.69 bits per heavy atom. The monoisotopic (exact) mass is 366 g/mol. The van der Waals surface area contributed by atoms with Crippen molar-refractivity contribution >= 4 is 11.9 Å². The summed E-state index contributed by atoms with van der Waals surface area (Å²) in [6, 6.07) is 2.17. The van der Waals surface area contributed by atoms with Crippen molar-refractivity contribution in [2.75, 3.05) is 0 Å². The zero-order valence-corrected chi connectivity index (χ0v) is 14.5. The fraction of sp³-hybridized carbons (Fsp3) is 0.412. The average Bonchev–Trinajstić information content (AvgIpc) is 2.94. The SMILES string of the molecule is CCCCC(NC(=O)c1nnn(Cc2ccc(F)cc2F)c1C)C(=O)O. The molecule has 0 aliphatic heterocycles. The highest BCUT2D eigenvalue weighted by Crippen LogP contribution is 2.13. The zero-order chi connectivity index (χ0) is 19.3. The second-order valence-corrected chi connectivity index (χ2v) is 5.92. The molecule has 0 spiro atoms. The van der Waals surface area contributed by atoms with Crippen molar-refractivity contribution in [1.82, 2.24) is 20.3 Å². The predicted molar refractivity (Wildman–Crippen MR) is 88.6 cm³/mol. The number of carboxylic acids is 1. The summed E-state index contributed by atoms with van der Waals surface area (Å²) in [5, 5.41) is 19.2. The first kappa shape index (κ1) is 19.5. The number of carbonyl (C=O) groups is 2. The van der Waals surface area contributed by atoms with Gasteiger partial charge in [0, 0.05) is 11.6 Å². The summed E-state index contributed by atoms with van der Waals surface area (Å²) in [6.07, 6.45) is 1.77. The van der Waals surface area contributed by atoms with Gasteiger partial charge in [0.15, 0.2) is 5.69 Å². The predicted octanol–water partition coefficient (Wildman–Crippen LogP) is 2.29. The molecule has 7 nitrogen and oxygen atoms in total. The molecule has 1 unspecified atom stereocenters. The number of carboxylic acid groups (broad SMARTS) is 1. The van der Waals surface area contributed by atoms with Crippen molar-refractivity contribution in [3.05, 3.63) is 46.8 Å². The smallest absolute Gasteiger partial charge is 0.326 e. The van der Waals surface area contributed by atoms with Crippen LogP contribution in [0.25, 0.3) is 0 Å². The van der Waals surface area contributed by atoms with E-state index >= 15 is 0 Å². The van der Waals surface area contributed by atoms with Crippen LogP contribution in [0.4, 0.5) is 8.78 Å². The number of nitrogens with zero attached hydrogens (tertiary/aromatic N) is 3. The van der Waals surface area contributed by atoms with E-state index in [9.17, 15) is 23.5 Å². The Morgan fingerprint density at radius 2 is 2.08 bits per heavy atom. The van der Waals surface area contributed by atoms with Crippen molar-refractivity contribution in [3.63, 3.8) is 0 Å². The Labute approximate surface area is 149 Å². The number of hydrogen-bond donors (Lipinski definition) is 2. The molecule has 9 heteroatoms. The lowest BCUT2D eigenvalue weighted by atomic mass is 10.1. The molecule has 0 aliphatic carbocycles. The molecule has 1 atom stereocenters. The molecule has 0 saturated heterocycles. The van der Waals surface area contributed by atoms with Crippen molar-refractivity contribution in [2.45, 2.75) is 45.7 Å². The summed E-state index contributed by atoms with van der Waals surface area (Å²) in [5.74, 6) is -3.19. The van der Waals surface area contributed by atoms with E-state index in [1.54, 1.807) is 6.92 Å². The highest BCUT2D eigenvalue weighted by molar-refractivity contribution is 5.95. The van der Waals surface area contributed by atoms with Gasteiger partial charge in [-0.25, -0.2) is 18.3 Å². The van der Waals surface area contributed by atoms with Crippen molar-refractivity contribution < 1.29 is 23.5 Å². The van der Waals surface area contributed by atoms with Gasteiger partial charge in [0.1, 0.15) is 17.7 Å². The molecular weight excluding hydrogens is 346 g/mol. The van der Waals surface area contributed by atoms with E-state index in [1.807, 2.05) is 6.92 Å². The first-order valence-electron chi connectivity index (χ1n) is 8.21. The van der Waals surface area contributed by atoms with Gasteiger partial charge in [-0.3, -0.25) is 4.79 Å². The van der Waals surface area contributed by atoms with E-state index in [0.717, 1.165) is 18.6 Å². The van der Waals surface area contributed by atoms with Crippen LogP contribution >= 0.6 is 0 Å². The number of carbonyl (C=O) groups excluding carboxylic acids is 1. The first-order valence-corrected chi connectivity index (χ1v) is 8.21. The Hall–Kier alpha value is -2.84. The van der Waals surface area contributed by atoms with Gasteiger partial charge in [0.2, 0.25) is 0 Å². The largest absolute Gasteiger partial charge is 0.480 e. The van der Waals surface area contributed by atoms with Crippen LogP contribution in [0.1, 0.15) is 47.9 Å². The van der Waals surface area contributed by atoms with Crippen LogP contribution in [0.5, 0.6) is 0 Å². The van der Waals surface area contributed by atoms with Crippen LogP contribution in [-0.4, -0.2) is 38.0 Å². The van der Waals surface area contributed by atoms with Crippen molar-refractivity contribution in [2.24, 2.45) is 0 Å². The third kappa shape index (κ3) is 4.62. The van der Waals surface area contributed by atoms with E-state index in [0.29, 0.717) is 18.5 Å². The van der Waals surface area contributed by atoms with Gasteiger partial charge in [-0.1, -0.05) is 31.0 Å². The normalized spacial score (nSPS) is 12.0. The Bertz CT molecular complexity index is 807. The molecule has 1 aromatic carbocycles. The molecule has 140 valence electrons. The summed E-state index contributed by atoms with van der Waals surface area (Å²) < 4.78 is 28.0. The summed E-state index contributed by atoms with van der Waals surface area (Å²) in [5.41, 5.74) is 0.513. The van der Waals surface area contributed by atoms with Gasteiger partial charge in [0.05, 0.1) is 12.2 Å². The maximum atomic E-state index is 13.8. The maximum Gasteiger partial charge on any atom is 0.326 e. The summed E-state index contributed by atoms with van der Waals surface area (Å²) in [4.78, 5) is 23.5. The number of aliphatic carboxylic acids is 1. The maximum absolute atomic E-state index is 13.8. The molecule has 1 aromatic heterocycles. The van der Waals surface area contributed by atoms with Gasteiger partial charge in [0.25, 0.3) is 5.91 Å². The van der Waals surface area contributed by atoms with Crippen LogP contribution in [0.2, 0.25) is 0 Å². The Kier molecular flexibility index (Phi) is 6.37. The van der Waals surface area contributed by atoms with Gasteiger partial charge in [-0.15, -0.1) is 5.10 Å². The number of hydrogen-bond acceptors (Lipinski definition) is 4. The fourth-order valence-corrected chi connectivity index (χ4v) is 2.42. The molecule has 2 rings (SSSR count). The molecule has 2 N–H and O–H groups in total. The number of rotatable bonds is 8. The quantitative estimate of drug-likeness (QED) is 0.747. The molecule has 2 aromatic rings. The number of aromatic nitrogens is 3. The van der Waals surface area contributed by atoms with E-state index in [1.165, 1.54) is 10.7 Å². The summed E-state index contributed by atoms with van der Waals surface area (Å²) in [7, 11) is 0. The minimum Gasteiger partial charge on any atom is -0.480 e. The second kappa shape index (κ2) is 8.50. The number of halogens is 2. The second-order valence-electron chi connectivity index (χ2n) is 5.92. The molecule has 0 fully saturated rings. The summed E-state index contributed by atoms with van der Waals surface area (Å²) >= 11 is 0. The number of benzene rings is 1. The Balaban J connectivity index is 2.14. The number of amides is 1. The number of nitrogens with one attached hydrogen (secondary N) is 1. The Morgan fingerprint density at radius 1 is 1.35 bits per heavy atom. The fourth-order valence-electron chi connectivity index (χ4n) is 2.42. The zero-order valence-electron chi connectivity index (χ0n) is 14.5. The molecule has 0 radical (unpaired) electrons. The third-order valence-electron chi connectivity index (χ3n) is 3.98. The molecule has 26 heavy (non-hydrogen) atoms. The van der Waals surface area contributed by atoms with Crippen molar-refractivity contribution in [3.8, 4) is 0 Å². The van der Waals surface area contributed by atoms with E-state index in [-0.39, 0.29) is 17.8 Å². The van der Waals surface area contributed by atoms with E-state index < -0.39 is 29.6 Å². The van der Waals surface area contributed by atoms with Crippen molar-refractivity contribution in [1.29, 1.82) is 0 Å². The lowest BCUT2D eigenvalue weighted by Gasteiger charge is -2.13. The lowest BCUT2D eigenvalue weighted by Crippen LogP contribution is -2.41. The van der Waals surface area contributed by atoms with Crippen LogP contribution in [0, 0.1) is 18.6 Å². The van der Waals surface area contributed by atoms with Gasteiger partial charge in [-0.05, 0) is 19.4 Å². The molecule has 1 heterocycles. The van der Waals surface area contributed by atoms with Crippen LogP contribution in [0.3, 0.4) is 0 Å². The minimum absolute atomic E-state index is 0.0313. The molecule has 0 saturated carbocycles. The van der Waals surface area contributed by atoms with Gasteiger partial charge in [-0.2, -0.15) is 0 Å². The van der Waals surface area contributed by atoms with Crippen LogP contribution < -0.4 is 5.32 Å². The van der Waals surface area contributed by atoms with E-state index in [4.69, 9.17) is 0 Å². The minimum atomic E-state index is -1.12. The van der Waals surface area contributed by atoms with E-state index in [2.05, 4.69) is 15.6 Å². The molecule has 0 aliphatic rings.